The summed E-state index contributed by atoms with van der Waals surface area (Å²) in [5, 5.41) is 26.7. The molecule has 3 aliphatic heterocycles. The van der Waals surface area contributed by atoms with E-state index in [1.807, 2.05) is 25.7 Å². The van der Waals surface area contributed by atoms with E-state index in [1.165, 1.54) is 53.6 Å². The molecule has 0 aliphatic carbocycles. The van der Waals surface area contributed by atoms with Crippen LogP contribution in [-0.4, -0.2) is 165 Å². The zero-order valence-electron chi connectivity index (χ0n) is 46.4. The van der Waals surface area contributed by atoms with Crippen LogP contribution in [0.5, 0.6) is 0 Å². The van der Waals surface area contributed by atoms with Crippen molar-refractivity contribution in [3.05, 3.63) is 84.1 Å². The maximum absolute atomic E-state index is 12.9. The first kappa shape index (κ1) is 66.4. The summed E-state index contributed by atoms with van der Waals surface area (Å²) in [6.07, 6.45) is 7.37. The molecule has 4 aromatic rings. The Morgan fingerprint density at radius 3 is 2.20 bits per heavy atom. The van der Waals surface area contributed by atoms with Crippen LogP contribution in [0, 0.1) is 0 Å². The number of unbranched alkanes of at least 4 members (excludes halogenated alkanes) is 6. The number of hydrogen-bond donors (Lipinski definition) is 9. The van der Waals surface area contributed by atoms with Crippen LogP contribution in [0.1, 0.15) is 115 Å². The summed E-state index contributed by atoms with van der Waals surface area (Å²) in [5.41, 5.74) is 7.66. The van der Waals surface area contributed by atoms with E-state index < -0.39 is 107 Å². The Hall–Kier alpha value is -5.16. The standard InChI is InChI=1S/C51H72N9O19PS4/c1-50(2)36-29-34(83(72,73)74)18-20-38(36)58(26-14-28-82(69,70)71)41(50)15-13-16-42-51(3,22-8-12-27-81(66,67)68)37-30-35(84(75,76)77)19-21-39(37)59(42)25-11-6-7-17-43(61)53-23-9-4-5-10-24-57-80(64,65)78-31-40-45(62)46(63)49(79-40)60-33-56-44-47(52)54-32-55-48(44)60/h13,15-16,18-21,29-30,32-33,40,45-46,49,62-63H,4-12,14,17,22-28,31H2,1-3H3,(H8-,52,53,54,55,57,61,64,65,66,67,68,69,70,71,72,73,74,75,76,77)/t40-,45-,46-,49-,51?/m1/s1. The number of rotatable bonds is 31. The minimum absolute atomic E-state index is 0.0223. The predicted octanol–water partition coefficient (Wildman–Crippen LogP) is 3.75. The summed E-state index contributed by atoms with van der Waals surface area (Å²) in [4.78, 5) is 36.5. The number of fused-ring (bicyclic) bond motifs is 3. The van der Waals surface area contributed by atoms with Gasteiger partial charge in [-0.15, -0.1) is 0 Å². The monoisotopic (exact) mass is 1270 g/mol. The Morgan fingerprint density at radius 1 is 0.845 bits per heavy atom. The molecular formula is C51H72N9O19PS4. The van der Waals surface area contributed by atoms with Gasteiger partial charge in [0.05, 0.1) is 39.6 Å². The fraction of sp³-hybridized carbons (Fsp3) is 0.549. The van der Waals surface area contributed by atoms with Crippen LogP contribution < -0.4 is 21.0 Å². The number of anilines is 2. The molecule has 33 heteroatoms. The van der Waals surface area contributed by atoms with Crippen molar-refractivity contribution in [1.82, 2.24) is 29.9 Å². The number of nitrogen functional groups attached to an aromatic ring is 1. The number of aliphatic hydroxyl groups is 2. The van der Waals surface area contributed by atoms with E-state index in [9.17, 15) is 76.3 Å². The molecule has 0 radical (unpaired) electrons. The molecule has 7 rings (SSSR count). The SMILES string of the molecule is CC1(C)C(C=CC=C2N(CCCCCC(=O)NCCCCCCNP(=O)(O)OC[C@H]3O[C@@H](n4cnc5c(N)ncnc54)[C@H](O)[C@@H]3O)c3ccc(S(=O)(=O)[O-])cc3C2(C)CCCCS(=O)(=O)O)=[N+](CCCS(=O)(=O)O)c2ccc(S(=O)(=O)O)cc21. The number of aromatic nitrogens is 4. The minimum Gasteiger partial charge on any atom is -0.744 e. The highest BCUT2D eigenvalue weighted by Gasteiger charge is 2.47. The number of carbonyl (C=O) groups excluding carboxylic acids is 1. The van der Waals surface area contributed by atoms with Gasteiger partial charge in [0.25, 0.3) is 30.4 Å². The molecule has 1 saturated heterocycles. The lowest BCUT2D eigenvalue weighted by Crippen LogP contribution is -2.34. The molecule has 84 heavy (non-hydrogen) atoms. The van der Waals surface area contributed by atoms with Gasteiger partial charge in [-0.2, -0.15) is 29.8 Å². The number of nitrogens with one attached hydrogen (secondary N) is 2. The van der Waals surface area contributed by atoms with Crippen molar-refractivity contribution in [1.29, 1.82) is 0 Å². The number of amides is 1. The lowest BCUT2D eigenvalue weighted by atomic mass is 9.77. The van der Waals surface area contributed by atoms with Crippen molar-refractivity contribution in [3.63, 3.8) is 0 Å². The van der Waals surface area contributed by atoms with Gasteiger partial charge in [0.1, 0.15) is 46.8 Å². The molecule has 6 atom stereocenters. The van der Waals surface area contributed by atoms with E-state index in [0.29, 0.717) is 91.9 Å². The van der Waals surface area contributed by atoms with Crippen molar-refractivity contribution in [2.45, 2.75) is 143 Å². The van der Waals surface area contributed by atoms with Crippen LogP contribution in [0.3, 0.4) is 0 Å². The van der Waals surface area contributed by atoms with Crippen LogP contribution in [0.4, 0.5) is 17.2 Å². The second-order valence-corrected chi connectivity index (χ2v) is 29.2. The average Bonchev–Trinajstić information content (AvgIpc) is 3.07. The number of benzene rings is 2. The normalized spacial score (nSPS) is 22.1. The smallest absolute Gasteiger partial charge is 0.403 e. The number of imidazole rings is 1. The molecular weight excluding hydrogens is 1200 g/mol. The summed E-state index contributed by atoms with van der Waals surface area (Å²) in [7, 11) is -22.6. The number of hydrogen-bond acceptors (Lipinski definition) is 20. The number of aliphatic hydroxyl groups excluding tert-OH is 2. The van der Waals surface area contributed by atoms with E-state index in [2.05, 4.69) is 25.4 Å². The summed E-state index contributed by atoms with van der Waals surface area (Å²) in [6, 6.07) is 8.09. The summed E-state index contributed by atoms with van der Waals surface area (Å²) in [5.74, 6) is -1.16. The number of ether oxygens (including phenoxy) is 1. The second kappa shape index (κ2) is 26.8. The van der Waals surface area contributed by atoms with E-state index >= 15 is 0 Å². The largest absolute Gasteiger partial charge is 0.744 e. The van der Waals surface area contributed by atoms with Gasteiger partial charge in [-0.25, -0.2) is 33.0 Å². The molecule has 2 aromatic carbocycles. The van der Waals surface area contributed by atoms with Crippen molar-refractivity contribution >= 4 is 88.2 Å². The quantitative estimate of drug-likeness (QED) is 0.0150. The maximum Gasteiger partial charge on any atom is 0.403 e. The van der Waals surface area contributed by atoms with Gasteiger partial charge < -0.3 is 40.3 Å². The van der Waals surface area contributed by atoms with Crippen molar-refractivity contribution in [2.24, 2.45) is 0 Å². The summed E-state index contributed by atoms with van der Waals surface area (Å²) < 4.78 is 164. The lowest BCUT2D eigenvalue weighted by molar-refractivity contribution is -0.437. The molecule has 2 unspecified atom stereocenters. The van der Waals surface area contributed by atoms with Gasteiger partial charge >= 0.3 is 7.75 Å². The first-order chi connectivity index (χ1) is 39.2. The van der Waals surface area contributed by atoms with Crippen LogP contribution in [0.15, 0.2) is 82.8 Å². The first-order valence-corrected chi connectivity index (χ1v) is 34.7. The lowest BCUT2D eigenvalue weighted by Gasteiger charge is -2.30. The number of allylic oxidation sites excluding steroid dienone is 4. The van der Waals surface area contributed by atoms with Crippen LogP contribution in [0.2, 0.25) is 0 Å². The van der Waals surface area contributed by atoms with E-state index in [4.69, 9.17) is 15.0 Å². The van der Waals surface area contributed by atoms with Crippen LogP contribution in [-0.2, 0) is 69.9 Å². The topological polar surface area (TPSA) is 434 Å². The molecule has 3 aliphatic rings. The highest BCUT2D eigenvalue weighted by atomic mass is 32.2. The maximum atomic E-state index is 12.9. The number of nitrogens with two attached hydrogens (primary N) is 1. The summed E-state index contributed by atoms with van der Waals surface area (Å²) in [6.45, 7) is 5.87. The Kier molecular flexibility index (Phi) is 21.2. The molecule has 28 nitrogen and oxygen atoms in total. The van der Waals surface area contributed by atoms with Crippen molar-refractivity contribution in [3.8, 4) is 0 Å². The van der Waals surface area contributed by atoms with Gasteiger partial charge in [-0.1, -0.05) is 31.8 Å². The van der Waals surface area contributed by atoms with Gasteiger partial charge in [-0.3, -0.25) is 27.5 Å². The molecule has 464 valence electrons. The van der Waals surface area contributed by atoms with E-state index in [1.54, 1.807) is 22.8 Å². The Morgan fingerprint density at radius 2 is 1.51 bits per heavy atom. The van der Waals surface area contributed by atoms with Gasteiger partial charge in [0.2, 0.25) is 11.6 Å². The predicted molar refractivity (Wildman–Crippen MR) is 306 cm³/mol. The molecule has 1 amide bonds. The fourth-order valence-electron chi connectivity index (χ4n) is 10.9. The molecule has 0 saturated carbocycles. The third kappa shape index (κ3) is 16.5. The van der Waals surface area contributed by atoms with Gasteiger partial charge in [0, 0.05) is 67.0 Å². The Balaban J connectivity index is 0.937. The zero-order valence-corrected chi connectivity index (χ0v) is 50.6. The molecule has 0 bridgehead atoms. The zero-order chi connectivity index (χ0) is 61.6. The van der Waals surface area contributed by atoms with E-state index in [0.717, 1.165) is 0 Å². The van der Waals surface area contributed by atoms with Crippen molar-refractivity contribution < 1.29 is 90.2 Å². The summed E-state index contributed by atoms with van der Waals surface area (Å²) >= 11 is 0. The second-order valence-electron chi connectivity index (χ2n) is 21.7. The van der Waals surface area contributed by atoms with Gasteiger partial charge in [-0.05, 0) is 101 Å². The molecule has 5 heterocycles. The van der Waals surface area contributed by atoms with E-state index in [-0.39, 0.29) is 73.0 Å². The fourth-order valence-corrected chi connectivity index (χ4v) is 13.8. The van der Waals surface area contributed by atoms with Crippen LogP contribution in [0.25, 0.3) is 11.2 Å². The van der Waals surface area contributed by atoms with Crippen LogP contribution >= 0.6 is 7.75 Å². The Labute approximate surface area is 487 Å². The third-order valence-corrected chi connectivity index (χ3v) is 19.6. The number of carbonyl (C=O) groups is 1. The molecule has 0 spiro atoms. The van der Waals surface area contributed by atoms with Crippen molar-refractivity contribution in [2.75, 3.05) is 54.9 Å². The molecule has 10 N–H and O–H groups in total. The number of nitrogens with zero attached hydrogens (tertiary/aromatic N) is 6. The Bertz CT molecular complexity index is 3690. The highest BCUT2D eigenvalue weighted by Crippen LogP contribution is 2.52. The van der Waals surface area contributed by atoms with Gasteiger partial charge in [0.15, 0.2) is 23.4 Å². The molecule has 2 aromatic heterocycles. The third-order valence-electron chi connectivity index (χ3n) is 15.2. The molecule has 1 fully saturated rings. The first-order valence-electron chi connectivity index (χ1n) is 27.1. The minimum atomic E-state index is -4.94. The highest BCUT2D eigenvalue weighted by molar-refractivity contribution is 7.86. The average molecular weight is 1270 g/mol.